The fourth-order valence-electron chi connectivity index (χ4n) is 4.32. The molecule has 0 amide bonds. The molecule has 1 aliphatic heterocycles. The van der Waals surface area contributed by atoms with Gasteiger partial charge < -0.3 is 14.9 Å². The number of benzene rings is 1. The topological polar surface area (TPSA) is 50.0 Å². The van der Waals surface area contributed by atoms with Gasteiger partial charge in [-0.15, -0.1) is 0 Å². The molecule has 0 bridgehead atoms. The Morgan fingerprint density at radius 3 is 2.89 bits per heavy atom. The fraction of sp³-hybridized carbons (Fsp3) is 0.136. The Balaban J connectivity index is 1.60. The molecule has 4 aromatic heterocycles. The number of fused-ring (bicyclic) bond motifs is 1. The van der Waals surface area contributed by atoms with Crippen LogP contribution in [0.4, 0.5) is 0 Å². The highest BCUT2D eigenvalue weighted by atomic mass is 15.0. The van der Waals surface area contributed by atoms with Gasteiger partial charge in [0.15, 0.2) is 0 Å². The Bertz CT molecular complexity index is 1290. The average Bonchev–Trinajstić information content (AvgIpc) is 3.40. The van der Waals surface area contributed by atoms with Crippen LogP contribution in [0.2, 0.25) is 0 Å². The SMILES string of the molecule is c1ccn2c(-c3c[nH]cc3-c3ccc4c5c3ccn5CCNC4)cnc2c1. The number of aromatic nitrogens is 4. The largest absolute Gasteiger partial charge is 0.366 e. The van der Waals surface area contributed by atoms with E-state index in [0.29, 0.717) is 0 Å². The zero-order valence-electron chi connectivity index (χ0n) is 14.8. The molecule has 1 aromatic carbocycles. The Labute approximate surface area is 156 Å². The monoisotopic (exact) mass is 353 g/mol. The summed E-state index contributed by atoms with van der Waals surface area (Å²) in [6.07, 6.45) is 10.4. The number of H-pyrrole nitrogens is 1. The first-order chi connectivity index (χ1) is 13.4. The van der Waals surface area contributed by atoms with Crippen molar-refractivity contribution < 1.29 is 0 Å². The molecule has 0 unspecified atom stereocenters. The molecule has 2 N–H and O–H groups in total. The molecular weight excluding hydrogens is 334 g/mol. The molecule has 0 aliphatic carbocycles. The van der Waals surface area contributed by atoms with E-state index < -0.39 is 0 Å². The van der Waals surface area contributed by atoms with Gasteiger partial charge >= 0.3 is 0 Å². The molecule has 5 aromatic rings. The molecule has 6 rings (SSSR count). The van der Waals surface area contributed by atoms with Gasteiger partial charge in [-0.25, -0.2) is 4.98 Å². The first-order valence-electron chi connectivity index (χ1n) is 9.31. The van der Waals surface area contributed by atoms with Crippen molar-refractivity contribution in [2.75, 3.05) is 6.54 Å². The predicted molar refractivity (Wildman–Crippen MR) is 108 cm³/mol. The number of rotatable bonds is 2. The molecule has 0 spiro atoms. The maximum Gasteiger partial charge on any atom is 0.137 e. The lowest BCUT2D eigenvalue weighted by Gasteiger charge is -2.10. The van der Waals surface area contributed by atoms with E-state index in [-0.39, 0.29) is 0 Å². The summed E-state index contributed by atoms with van der Waals surface area (Å²) >= 11 is 0. The summed E-state index contributed by atoms with van der Waals surface area (Å²) in [6.45, 7) is 2.94. The second kappa shape index (κ2) is 5.59. The van der Waals surface area contributed by atoms with Gasteiger partial charge in [0.1, 0.15) is 5.65 Å². The number of pyridine rings is 1. The standard InChI is InChI=1S/C22H19N5/c1-2-8-27-20(14-25-21(27)3-1)19-13-24-12-18(19)16-5-4-15-11-23-7-10-26-9-6-17(16)22(15)26/h1-6,8-9,12-14,23-24H,7,10-11H2. The van der Waals surface area contributed by atoms with Crippen molar-refractivity contribution in [3.63, 3.8) is 0 Å². The summed E-state index contributed by atoms with van der Waals surface area (Å²) in [6, 6.07) is 12.9. The summed E-state index contributed by atoms with van der Waals surface area (Å²) in [5.74, 6) is 0. The van der Waals surface area contributed by atoms with Gasteiger partial charge in [0.2, 0.25) is 0 Å². The minimum atomic E-state index is 0.925. The van der Waals surface area contributed by atoms with Gasteiger partial charge in [-0.2, -0.15) is 0 Å². The summed E-state index contributed by atoms with van der Waals surface area (Å²) in [5.41, 5.74) is 8.42. The van der Waals surface area contributed by atoms with Crippen LogP contribution < -0.4 is 5.32 Å². The van der Waals surface area contributed by atoms with Crippen molar-refractivity contribution in [1.82, 2.24) is 24.3 Å². The lowest BCUT2D eigenvalue weighted by atomic mass is 9.97. The van der Waals surface area contributed by atoms with Crippen molar-refractivity contribution in [1.29, 1.82) is 0 Å². The van der Waals surface area contributed by atoms with Crippen molar-refractivity contribution >= 4 is 16.6 Å². The van der Waals surface area contributed by atoms with Crippen LogP contribution >= 0.6 is 0 Å². The molecule has 1 aliphatic rings. The Kier molecular flexibility index (Phi) is 3.07. The van der Waals surface area contributed by atoms with E-state index in [0.717, 1.165) is 31.0 Å². The van der Waals surface area contributed by atoms with Gasteiger partial charge in [0.25, 0.3) is 0 Å². The van der Waals surface area contributed by atoms with Gasteiger partial charge in [-0.1, -0.05) is 18.2 Å². The number of hydrogen-bond acceptors (Lipinski definition) is 2. The van der Waals surface area contributed by atoms with E-state index in [9.17, 15) is 0 Å². The van der Waals surface area contributed by atoms with Crippen LogP contribution in [-0.4, -0.2) is 25.5 Å². The third-order valence-electron chi connectivity index (χ3n) is 5.58. The van der Waals surface area contributed by atoms with E-state index >= 15 is 0 Å². The van der Waals surface area contributed by atoms with Crippen LogP contribution in [0.5, 0.6) is 0 Å². The summed E-state index contributed by atoms with van der Waals surface area (Å²) in [7, 11) is 0. The van der Waals surface area contributed by atoms with Gasteiger partial charge in [0, 0.05) is 60.9 Å². The van der Waals surface area contributed by atoms with E-state index in [1.165, 1.54) is 33.2 Å². The van der Waals surface area contributed by atoms with Crippen molar-refractivity contribution in [3.05, 3.63) is 72.9 Å². The van der Waals surface area contributed by atoms with Crippen LogP contribution in [-0.2, 0) is 13.1 Å². The average molecular weight is 353 g/mol. The lowest BCUT2D eigenvalue weighted by Crippen LogP contribution is -2.15. The summed E-state index contributed by atoms with van der Waals surface area (Å²) in [4.78, 5) is 7.88. The minimum absolute atomic E-state index is 0.925. The van der Waals surface area contributed by atoms with E-state index in [2.05, 4.69) is 67.2 Å². The molecular formula is C22H19N5. The molecule has 132 valence electrons. The normalized spacial score (nSPS) is 14.1. The Morgan fingerprint density at radius 1 is 0.926 bits per heavy atom. The quantitative estimate of drug-likeness (QED) is 0.503. The minimum Gasteiger partial charge on any atom is -0.366 e. The van der Waals surface area contributed by atoms with E-state index in [1.54, 1.807) is 0 Å². The highest BCUT2D eigenvalue weighted by Crippen LogP contribution is 2.38. The number of hydrogen-bond donors (Lipinski definition) is 2. The number of imidazole rings is 1. The second-order valence-corrected chi connectivity index (χ2v) is 7.08. The zero-order chi connectivity index (χ0) is 17.8. The van der Waals surface area contributed by atoms with Crippen molar-refractivity contribution in [3.8, 4) is 22.4 Å². The van der Waals surface area contributed by atoms with E-state index in [1.807, 2.05) is 24.4 Å². The molecule has 0 saturated carbocycles. The lowest BCUT2D eigenvalue weighted by molar-refractivity contribution is 0.632. The molecule has 27 heavy (non-hydrogen) atoms. The molecule has 5 heteroatoms. The molecule has 0 saturated heterocycles. The van der Waals surface area contributed by atoms with Gasteiger partial charge in [-0.05, 0) is 29.3 Å². The first-order valence-corrected chi connectivity index (χ1v) is 9.31. The second-order valence-electron chi connectivity index (χ2n) is 7.08. The zero-order valence-corrected chi connectivity index (χ0v) is 14.8. The van der Waals surface area contributed by atoms with Crippen LogP contribution in [0.3, 0.4) is 0 Å². The van der Waals surface area contributed by atoms with Crippen LogP contribution in [0.15, 0.2) is 67.4 Å². The van der Waals surface area contributed by atoms with Gasteiger partial charge in [-0.3, -0.25) is 4.40 Å². The van der Waals surface area contributed by atoms with Crippen LogP contribution in [0.25, 0.3) is 38.9 Å². The fourth-order valence-corrected chi connectivity index (χ4v) is 4.32. The predicted octanol–water partition coefficient (Wildman–Crippen LogP) is 4.05. The summed E-state index contributed by atoms with van der Waals surface area (Å²) in [5, 5.41) is 4.82. The number of aromatic amines is 1. The molecule has 5 nitrogen and oxygen atoms in total. The Morgan fingerprint density at radius 2 is 1.89 bits per heavy atom. The van der Waals surface area contributed by atoms with E-state index in [4.69, 9.17) is 0 Å². The molecule has 0 radical (unpaired) electrons. The Hall–Kier alpha value is -3.31. The molecule has 0 atom stereocenters. The number of nitrogens with zero attached hydrogens (tertiary/aromatic N) is 3. The summed E-state index contributed by atoms with van der Waals surface area (Å²) < 4.78 is 4.51. The van der Waals surface area contributed by atoms with Crippen molar-refractivity contribution in [2.45, 2.75) is 13.1 Å². The number of nitrogens with one attached hydrogen (secondary N) is 2. The molecule has 0 fully saturated rings. The third-order valence-corrected chi connectivity index (χ3v) is 5.58. The van der Waals surface area contributed by atoms with Gasteiger partial charge in [0.05, 0.1) is 17.4 Å². The molecule has 5 heterocycles. The maximum atomic E-state index is 4.56. The third kappa shape index (κ3) is 2.12. The highest BCUT2D eigenvalue weighted by molar-refractivity contribution is 6.00. The van der Waals surface area contributed by atoms with Crippen LogP contribution in [0.1, 0.15) is 5.56 Å². The highest BCUT2D eigenvalue weighted by Gasteiger charge is 2.18. The smallest absolute Gasteiger partial charge is 0.137 e. The van der Waals surface area contributed by atoms with Crippen molar-refractivity contribution in [2.24, 2.45) is 0 Å². The maximum absolute atomic E-state index is 4.56. The first kappa shape index (κ1) is 14.8. The van der Waals surface area contributed by atoms with Crippen LogP contribution in [0, 0.1) is 0 Å².